The van der Waals surface area contributed by atoms with Gasteiger partial charge in [0.25, 0.3) is 0 Å². The van der Waals surface area contributed by atoms with Gasteiger partial charge in [-0.1, -0.05) is 82.8 Å². The molecule has 0 aliphatic heterocycles. The average molecular weight is 622 g/mol. The van der Waals surface area contributed by atoms with Gasteiger partial charge in [0.1, 0.15) is 17.0 Å². The second-order valence-electron chi connectivity index (χ2n) is 10.2. The molecule has 9 heteroatoms. The summed E-state index contributed by atoms with van der Waals surface area (Å²) in [5, 5.41) is 9.48. The Morgan fingerprint density at radius 3 is 2.00 bits per heavy atom. The first-order chi connectivity index (χ1) is 18.1. The number of aliphatic imine (C=N–C) groups is 1. The van der Waals surface area contributed by atoms with E-state index in [1.165, 1.54) is 6.42 Å². The van der Waals surface area contributed by atoms with Crippen molar-refractivity contribution in [1.82, 2.24) is 5.32 Å². The molecule has 2 N–H and O–H groups in total. The monoisotopic (exact) mass is 620 g/mol. The van der Waals surface area contributed by atoms with Gasteiger partial charge in [-0.05, 0) is 76.6 Å². The fourth-order valence-electron chi connectivity index (χ4n) is 4.47. The van der Waals surface area contributed by atoms with E-state index in [4.69, 9.17) is 14.8 Å². The number of hydrogen-bond donors (Lipinski definition) is 2. The summed E-state index contributed by atoms with van der Waals surface area (Å²) >= 11 is 3.59. The van der Waals surface area contributed by atoms with Crippen molar-refractivity contribution in [1.29, 1.82) is 0 Å². The van der Waals surface area contributed by atoms with Crippen molar-refractivity contribution >= 4 is 33.6 Å². The lowest BCUT2D eigenvalue weighted by Crippen LogP contribution is -2.47. The van der Waals surface area contributed by atoms with E-state index in [1.807, 2.05) is 87.4 Å². The van der Waals surface area contributed by atoms with Crippen LogP contribution in [-0.4, -0.2) is 35.0 Å². The largest absolute Gasteiger partial charge is 0.444 e. The number of nitrogens with one attached hydrogen (secondary N) is 1. The Hall–Kier alpha value is -1.87. The van der Waals surface area contributed by atoms with Crippen LogP contribution in [0.1, 0.15) is 112 Å². The number of hydrogen-bond acceptors (Lipinski definition) is 5. The highest BCUT2D eigenvalue weighted by Crippen LogP contribution is 2.46. The predicted molar refractivity (Wildman–Crippen MR) is 160 cm³/mol. The molecule has 0 aromatic heterocycles. The molecule has 1 aliphatic rings. The SMILES string of the molecule is CC.CC.CC(=NC(C(=O)C(C)C)(c1cc(Br)ccc1C)C1CCCCC1)NC(=O)OC(C)(C)C.OC(F)F. The smallest absolute Gasteiger partial charge is 0.413 e. The maximum atomic E-state index is 13.9. The summed E-state index contributed by atoms with van der Waals surface area (Å²) in [4.78, 5) is 31.3. The van der Waals surface area contributed by atoms with Crippen LogP contribution in [0.25, 0.3) is 0 Å². The molecule has 0 radical (unpaired) electrons. The van der Waals surface area contributed by atoms with Crippen LogP contribution in [0.2, 0.25) is 0 Å². The zero-order valence-electron chi connectivity index (χ0n) is 25.8. The quantitative estimate of drug-likeness (QED) is 0.254. The topological polar surface area (TPSA) is 88.0 Å². The van der Waals surface area contributed by atoms with Gasteiger partial charge in [-0.2, -0.15) is 8.78 Å². The molecule has 39 heavy (non-hydrogen) atoms. The lowest BCUT2D eigenvalue weighted by atomic mass is 9.66. The van der Waals surface area contributed by atoms with Gasteiger partial charge in [0.2, 0.25) is 0 Å². The van der Waals surface area contributed by atoms with Gasteiger partial charge < -0.3 is 9.84 Å². The van der Waals surface area contributed by atoms with E-state index < -0.39 is 23.8 Å². The molecule has 6 nitrogen and oxygen atoms in total. The zero-order chi connectivity index (χ0) is 31.0. The highest BCUT2D eigenvalue weighted by atomic mass is 79.9. The molecule has 1 atom stereocenters. The maximum Gasteiger partial charge on any atom is 0.413 e. The maximum absolute atomic E-state index is 13.9. The van der Waals surface area contributed by atoms with Gasteiger partial charge in [-0.3, -0.25) is 15.1 Å². The molecule has 1 saturated carbocycles. The minimum atomic E-state index is -3.17. The van der Waals surface area contributed by atoms with Gasteiger partial charge in [0.05, 0.1) is 0 Å². The van der Waals surface area contributed by atoms with Crippen molar-refractivity contribution in [2.45, 2.75) is 126 Å². The van der Waals surface area contributed by atoms with Gasteiger partial charge in [0, 0.05) is 10.4 Å². The van der Waals surface area contributed by atoms with Crippen LogP contribution in [-0.2, 0) is 15.1 Å². The molecule has 0 bridgehead atoms. The number of amidine groups is 1. The fraction of sp³-hybridized carbons (Fsp3) is 0.700. The molecule has 1 aliphatic carbocycles. The second kappa shape index (κ2) is 19.2. The number of Topliss-reactive ketones (excluding diaryl/α,β-unsaturated/α-hetero) is 1. The fourth-order valence-corrected chi connectivity index (χ4v) is 4.83. The number of ketones is 1. The summed E-state index contributed by atoms with van der Waals surface area (Å²) in [6, 6.07) is 6.03. The van der Waals surface area contributed by atoms with E-state index in [2.05, 4.69) is 21.2 Å². The second-order valence-corrected chi connectivity index (χ2v) is 11.1. The highest BCUT2D eigenvalue weighted by molar-refractivity contribution is 9.10. The Labute approximate surface area is 243 Å². The molecule has 2 rings (SSSR count). The number of alkyl halides is 2. The Kier molecular flexibility index (Phi) is 19.4. The molecule has 1 amide bonds. The summed E-state index contributed by atoms with van der Waals surface area (Å²) in [6.07, 6.45) is 4.66. The normalized spacial score (nSPS) is 15.5. The number of aliphatic hydroxyl groups excluding tert-OH is 1. The number of carbonyl (C=O) groups excluding carboxylic acids is 2. The third-order valence-corrected chi connectivity index (χ3v) is 6.23. The highest BCUT2D eigenvalue weighted by Gasteiger charge is 2.49. The van der Waals surface area contributed by atoms with Crippen LogP contribution in [0.3, 0.4) is 0 Å². The summed E-state index contributed by atoms with van der Waals surface area (Å²) in [6.45, 7) is 17.9. The minimum absolute atomic E-state index is 0.0829. The number of amides is 1. The molecule has 226 valence electrons. The molecule has 1 aromatic carbocycles. The molecule has 0 heterocycles. The first-order valence-electron chi connectivity index (χ1n) is 13.9. The van der Waals surface area contributed by atoms with E-state index in [0.717, 1.165) is 41.3 Å². The number of nitrogens with zero attached hydrogens (tertiary/aromatic N) is 1. The molecular weight excluding hydrogens is 570 g/mol. The lowest BCUT2D eigenvalue weighted by molar-refractivity contribution is -0.130. The first-order valence-corrected chi connectivity index (χ1v) is 14.7. The van der Waals surface area contributed by atoms with Gasteiger partial charge in [-0.25, -0.2) is 4.79 Å². The number of halogens is 3. The lowest BCUT2D eigenvalue weighted by Gasteiger charge is -2.41. The van der Waals surface area contributed by atoms with E-state index >= 15 is 0 Å². The standard InChI is InChI=1S/C25H37BrN2O3.2C2H6.CH2F2O/c1-16(2)22(29)25(19-11-9-8-10-12-19,21-15-20(26)14-13-17(21)3)28-18(4)27-23(30)31-24(5,6)7;2*1-2;2-1(3)4/h13-16,19H,8-12H2,1-7H3,(H,27,28,30);2*1-2H3;1,4H. The predicted octanol–water partition coefficient (Wildman–Crippen LogP) is 8.96. The Morgan fingerprint density at radius 1 is 1.08 bits per heavy atom. The number of aliphatic hydroxyl groups is 1. The van der Waals surface area contributed by atoms with Crippen molar-refractivity contribution in [2.24, 2.45) is 16.8 Å². The van der Waals surface area contributed by atoms with E-state index in [0.29, 0.717) is 5.84 Å². The molecule has 1 unspecified atom stereocenters. The minimum Gasteiger partial charge on any atom is -0.444 e. The molecule has 0 spiro atoms. The molecule has 1 fully saturated rings. The molecule has 1 aromatic rings. The van der Waals surface area contributed by atoms with Crippen LogP contribution >= 0.6 is 15.9 Å². The third-order valence-electron chi connectivity index (χ3n) is 5.73. The van der Waals surface area contributed by atoms with Gasteiger partial charge >= 0.3 is 12.7 Å². The first kappa shape index (κ1) is 39.3. The Balaban J connectivity index is 0. The van der Waals surface area contributed by atoms with Gasteiger partial charge in [-0.15, -0.1) is 0 Å². The summed E-state index contributed by atoms with van der Waals surface area (Å²) in [5.74, 6) is 0.372. The van der Waals surface area contributed by atoms with Crippen molar-refractivity contribution < 1.29 is 28.2 Å². The number of carbonyl (C=O) groups is 2. The summed E-state index contributed by atoms with van der Waals surface area (Å²) < 4.78 is 26.1. The number of ether oxygens (including phenoxy) is 1. The Bertz CT molecular complexity index is 893. The van der Waals surface area contributed by atoms with E-state index in [1.54, 1.807) is 6.92 Å². The number of alkyl carbamates (subject to hydrolysis) is 1. The number of rotatable bonds is 5. The Morgan fingerprint density at radius 2 is 1.56 bits per heavy atom. The summed E-state index contributed by atoms with van der Waals surface area (Å²) in [5.41, 5.74) is 0.287. The van der Waals surface area contributed by atoms with Crippen LogP contribution in [0, 0.1) is 18.8 Å². The molecular formula is C30H51BrF2N2O4. The average Bonchev–Trinajstić information content (AvgIpc) is 2.85. The van der Waals surface area contributed by atoms with Crippen molar-refractivity contribution in [2.75, 3.05) is 0 Å². The van der Waals surface area contributed by atoms with E-state index in [9.17, 15) is 18.4 Å². The number of benzene rings is 1. The van der Waals surface area contributed by atoms with Gasteiger partial charge in [0.15, 0.2) is 5.78 Å². The zero-order valence-corrected chi connectivity index (χ0v) is 27.3. The van der Waals surface area contributed by atoms with Crippen molar-refractivity contribution in [3.05, 3.63) is 33.8 Å². The van der Waals surface area contributed by atoms with Crippen LogP contribution < -0.4 is 5.32 Å². The van der Waals surface area contributed by atoms with Crippen molar-refractivity contribution in [3.63, 3.8) is 0 Å². The van der Waals surface area contributed by atoms with E-state index in [-0.39, 0.29) is 17.6 Å². The van der Waals surface area contributed by atoms with Crippen LogP contribution in [0.4, 0.5) is 13.6 Å². The van der Waals surface area contributed by atoms with Crippen molar-refractivity contribution in [3.8, 4) is 0 Å². The third kappa shape index (κ3) is 13.8. The molecule has 0 saturated heterocycles. The summed E-state index contributed by atoms with van der Waals surface area (Å²) in [7, 11) is 0. The van der Waals surface area contributed by atoms with Crippen LogP contribution in [0.15, 0.2) is 27.7 Å². The number of aryl methyl sites for hydroxylation is 1. The van der Waals surface area contributed by atoms with Crippen LogP contribution in [0.5, 0.6) is 0 Å².